The topological polar surface area (TPSA) is 129 Å². The van der Waals surface area contributed by atoms with E-state index in [1.807, 2.05) is 18.2 Å². The number of benzene rings is 3. The Hall–Kier alpha value is -2.49. The van der Waals surface area contributed by atoms with Gasteiger partial charge in [-0.2, -0.15) is 0 Å². The number of hydrogen-bond acceptors (Lipinski definition) is 7. The number of nitrogens with two attached hydrogens (primary N) is 1. The molecule has 32 heavy (non-hydrogen) atoms. The minimum Gasteiger partial charge on any atom is -0.744 e. The van der Waals surface area contributed by atoms with Crippen molar-refractivity contribution >= 4 is 38.7 Å². The SMILES string of the molecule is Nc1c(S(=O)(=O)[O-])cc(Nc2cccc(C3CC3)c2)c2c1C(=O)c1ccccc1C2=O.[Na+]. The van der Waals surface area contributed by atoms with Crippen LogP contribution in [-0.2, 0) is 10.1 Å². The summed E-state index contributed by atoms with van der Waals surface area (Å²) >= 11 is 0. The largest absolute Gasteiger partial charge is 1.00 e. The zero-order valence-electron chi connectivity index (χ0n) is 17.2. The van der Waals surface area contributed by atoms with Crippen LogP contribution in [0.1, 0.15) is 56.2 Å². The van der Waals surface area contributed by atoms with Gasteiger partial charge in [0.2, 0.25) is 0 Å². The second-order valence-corrected chi connectivity index (χ2v) is 9.12. The zero-order chi connectivity index (χ0) is 21.9. The fourth-order valence-corrected chi connectivity index (χ4v) is 4.68. The number of carbonyl (C=O) groups is 2. The van der Waals surface area contributed by atoms with Crippen molar-refractivity contribution in [1.29, 1.82) is 0 Å². The van der Waals surface area contributed by atoms with Crippen molar-refractivity contribution in [3.63, 3.8) is 0 Å². The number of carbonyl (C=O) groups excluding carboxylic acids is 2. The molecule has 0 bridgehead atoms. The number of hydrogen-bond donors (Lipinski definition) is 2. The van der Waals surface area contributed by atoms with Crippen LogP contribution in [0.15, 0.2) is 59.5 Å². The van der Waals surface area contributed by atoms with Crippen molar-refractivity contribution in [3.05, 3.63) is 82.4 Å². The number of ketones is 2. The summed E-state index contributed by atoms with van der Waals surface area (Å²) < 4.78 is 35.6. The third-order valence-electron chi connectivity index (χ3n) is 5.68. The summed E-state index contributed by atoms with van der Waals surface area (Å²) in [6.45, 7) is 0. The van der Waals surface area contributed by atoms with Crippen LogP contribution in [0, 0.1) is 0 Å². The van der Waals surface area contributed by atoms with E-state index in [0.29, 0.717) is 11.6 Å². The Kier molecular flexibility index (Phi) is 5.77. The van der Waals surface area contributed by atoms with Gasteiger partial charge in [0.05, 0.1) is 27.4 Å². The summed E-state index contributed by atoms with van der Waals surface area (Å²) in [5, 5.41) is 3.04. The molecule has 0 atom stereocenters. The standard InChI is InChI=1S/C23H18N2O5S.Na/c24-21-18(31(28,29)30)11-17(25-14-5-3-4-13(10-14)12-8-9-12)19-20(21)23(27)16-7-2-1-6-15(16)22(19)26;/h1-7,10-12,25H,8-9,24H2,(H,28,29,30);/q;+1/p-1. The predicted molar refractivity (Wildman–Crippen MR) is 114 cm³/mol. The van der Waals surface area contributed by atoms with Crippen molar-refractivity contribution < 1.29 is 52.1 Å². The molecule has 0 aliphatic heterocycles. The van der Waals surface area contributed by atoms with Crippen molar-refractivity contribution in [2.45, 2.75) is 23.7 Å². The third kappa shape index (κ3) is 3.78. The van der Waals surface area contributed by atoms with Gasteiger partial charge in [-0.3, -0.25) is 9.59 Å². The first kappa shape index (κ1) is 22.7. The molecule has 1 saturated carbocycles. The number of nitrogens with one attached hydrogen (secondary N) is 1. The molecule has 5 rings (SSSR count). The molecule has 3 aromatic rings. The first-order valence-corrected chi connectivity index (χ1v) is 11.1. The van der Waals surface area contributed by atoms with Gasteiger partial charge < -0.3 is 15.6 Å². The quantitative estimate of drug-likeness (QED) is 0.261. The van der Waals surface area contributed by atoms with Gasteiger partial charge in [0.1, 0.15) is 10.1 Å². The van der Waals surface area contributed by atoms with E-state index in [0.717, 1.165) is 24.5 Å². The van der Waals surface area contributed by atoms with Crippen molar-refractivity contribution in [3.8, 4) is 0 Å². The molecular weight excluding hydrogens is 439 g/mol. The molecule has 2 aliphatic rings. The maximum absolute atomic E-state index is 13.3. The molecule has 1 fully saturated rings. The molecule has 3 aromatic carbocycles. The first-order chi connectivity index (χ1) is 14.8. The smallest absolute Gasteiger partial charge is 0.744 e. The summed E-state index contributed by atoms with van der Waals surface area (Å²) in [4.78, 5) is 25.7. The fourth-order valence-electron chi connectivity index (χ4n) is 4.04. The van der Waals surface area contributed by atoms with E-state index in [1.54, 1.807) is 18.2 Å². The molecule has 0 radical (unpaired) electrons. The second kappa shape index (κ2) is 8.13. The molecule has 2 aliphatic carbocycles. The van der Waals surface area contributed by atoms with Crippen molar-refractivity contribution in [2.75, 3.05) is 11.1 Å². The van der Waals surface area contributed by atoms with Crippen LogP contribution in [0.2, 0.25) is 0 Å². The first-order valence-electron chi connectivity index (χ1n) is 9.73. The van der Waals surface area contributed by atoms with E-state index in [2.05, 4.69) is 5.32 Å². The maximum atomic E-state index is 13.3. The molecular formula is C23H17N2NaO5S. The minimum atomic E-state index is -4.99. The molecule has 3 N–H and O–H groups in total. The summed E-state index contributed by atoms with van der Waals surface area (Å²) in [6, 6.07) is 14.8. The Bertz CT molecular complexity index is 1400. The molecule has 0 amide bonds. The van der Waals surface area contributed by atoms with Gasteiger partial charge in [-0.05, 0) is 42.5 Å². The van der Waals surface area contributed by atoms with Gasteiger partial charge in [-0.25, -0.2) is 8.42 Å². The van der Waals surface area contributed by atoms with Crippen LogP contribution in [0.5, 0.6) is 0 Å². The van der Waals surface area contributed by atoms with E-state index in [-0.39, 0.29) is 57.5 Å². The predicted octanol–water partition coefficient (Wildman–Crippen LogP) is 0.573. The molecule has 0 heterocycles. The van der Waals surface area contributed by atoms with Gasteiger partial charge in [0.25, 0.3) is 0 Å². The van der Waals surface area contributed by atoms with Crippen molar-refractivity contribution in [2.24, 2.45) is 0 Å². The molecule has 0 saturated heterocycles. The molecule has 0 spiro atoms. The Morgan fingerprint density at radius 2 is 1.53 bits per heavy atom. The van der Waals surface area contributed by atoms with Gasteiger partial charge in [-0.1, -0.05) is 36.4 Å². The van der Waals surface area contributed by atoms with E-state index in [9.17, 15) is 22.6 Å². The monoisotopic (exact) mass is 456 g/mol. The zero-order valence-corrected chi connectivity index (χ0v) is 20.0. The number of nitrogen functional groups attached to an aromatic ring is 1. The molecule has 156 valence electrons. The van der Waals surface area contributed by atoms with E-state index in [4.69, 9.17) is 5.73 Å². The maximum Gasteiger partial charge on any atom is 1.00 e. The Labute approximate surface area is 207 Å². The summed E-state index contributed by atoms with van der Waals surface area (Å²) in [5.74, 6) is -0.578. The molecule has 9 heteroatoms. The normalized spacial score (nSPS) is 14.9. The number of fused-ring (bicyclic) bond motifs is 2. The van der Waals surface area contributed by atoms with Crippen molar-refractivity contribution in [1.82, 2.24) is 0 Å². The van der Waals surface area contributed by atoms with E-state index < -0.39 is 32.3 Å². The van der Waals surface area contributed by atoms with Gasteiger partial charge in [0, 0.05) is 16.8 Å². The van der Waals surface area contributed by atoms with Gasteiger partial charge in [0.15, 0.2) is 11.6 Å². The fraction of sp³-hybridized carbons (Fsp3) is 0.130. The van der Waals surface area contributed by atoms with Gasteiger partial charge >= 0.3 is 29.6 Å². The average Bonchev–Trinajstić information content (AvgIpc) is 3.58. The van der Waals surface area contributed by atoms with Crippen LogP contribution in [0.25, 0.3) is 0 Å². The third-order valence-corrected chi connectivity index (χ3v) is 6.56. The van der Waals surface area contributed by atoms with Crippen LogP contribution >= 0.6 is 0 Å². The Morgan fingerprint density at radius 3 is 2.12 bits per heavy atom. The van der Waals surface area contributed by atoms with Gasteiger partial charge in [-0.15, -0.1) is 0 Å². The van der Waals surface area contributed by atoms with Crippen LogP contribution in [0.3, 0.4) is 0 Å². The molecule has 0 aromatic heterocycles. The second-order valence-electron chi connectivity index (χ2n) is 7.77. The van der Waals surface area contributed by atoms with E-state index in [1.165, 1.54) is 12.1 Å². The van der Waals surface area contributed by atoms with Crippen LogP contribution in [-0.4, -0.2) is 24.5 Å². The molecule has 0 unspecified atom stereocenters. The number of rotatable bonds is 4. The summed E-state index contributed by atoms with van der Waals surface area (Å²) in [7, 11) is -4.99. The van der Waals surface area contributed by atoms with E-state index >= 15 is 0 Å². The summed E-state index contributed by atoms with van der Waals surface area (Å²) in [5.41, 5.74) is 7.27. The van der Waals surface area contributed by atoms with Crippen LogP contribution < -0.4 is 40.6 Å². The van der Waals surface area contributed by atoms with Crippen LogP contribution in [0.4, 0.5) is 17.1 Å². The molecule has 7 nitrogen and oxygen atoms in total. The number of anilines is 3. The Morgan fingerprint density at radius 1 is 0.906 bits per heavy atom. The summed E-state index contributed by atoms with van der Waals surface area (Å²) in [6.07, 6.45) is 2.20. The average molecular weight is 456 g/mol. The minimum absolute atomic E-state index is 0. The Balaban J connectivity index is 0.00000245.